The molecule has 1 saturated heterocycles. The first kappa shape index (κ1) is 20.4. The largest absolute Gasteiger partial charge is 0.470 e. The average Bonchev–Trinajstić information content (AvgIpc) is 3.24. The van der Waals surface area contributed by atoms with Gasteiger partial charge in [0.15, 0.2) is 12.4 Å². The molecule has 8 heteroatoms. The third-order valence-electron chi connectivity index (χ3n) is 5.06. The number of carbonyl (C=O) groups is 1. The van der Waals surface area contributed by atoms with Crippen molar-refractivity contribution in [1.82, 2.24) is 19.6 Å². The van der Waals surface area contributed by atoms with Crippen LogP contribution in [0.3, 0.4) is 0 Å². The second-order valence-electron chi connectivity index (χ2n) is 7.10. The Labute approximate surface area is 179 Å². The number of benzene rings is 2. The van der Waals surface area contributed by atoms with E-state index in [2.05, 4.69) is 10.00 Å². The van der Waals surface area contributed by atoms with Gasteiger partial charge in [0.05, 0.1) is 5.02 Å². The quantitative estimate of drug-likeness (QED) is 0.601. The Bertz CT molecular complexity index is 1020. The fourth-order valence-corrected chi connectivity index (χ4v) is 3.57. The molecule has 3 aromatic rings. The van der Waals surface area contributed by atoms with Gasteiger partial charge in [0.1, 0.15) is 11.6 Å². The summed E-state index contributed by atoms with van der Waals surface area (Å²) in [5.74, 6) is 0.256. The standard InChI is InChI=1S/C22H22ClFN4O2/c23-18-6-2-4-8-21(18)30-16-28-10-9-20(25-28)22(29)27-13-11-26(12-14-27)15-17-5-1-3-7-19(17)24/h1-10H,11-16H2. The van der Waals surface area contributed by atoms with Crippen LogP contribution >= 0.6 is 11.6 Å². The third-order valence-corrected chi connectivity index (χ3v) is 5.37. The summed E-state index contributed by atoms with van der Waals surface area (Å²) in [7, 11) is 0. The molecule has 30 heavy (non-hydrogen) atoms. The van der Waals surface area contributed by atoms with Crippen LogP contribution < -0.4 is 4.74 Å². The van der Waals surface area contributed by atoms with E-state index in [4.69, 9.17) is 16.3 Å². The zero-order valence-electron chi connectivity index (χ0n) is 16.4. The molecule has 0 unspecified atom stereocenters. The topological polar surface area (TPSA) is 50.6 Å². The fraction of sp³-hybridized carbons (Fsp3) is 0.273. The van der Waals surface area contributed by atoms with Crippen molar-refractivity contribution in [1.29, 1.82) is 0 Å². The van der Waals surface area contributed by atoms with Crippen LogP contribution in [-0.2, 0) is 13.3 Å². The Kier molecular flexibility index (Phi) is 6.30. The van der Waals surface area contributed by atoms with Crippen molar-refractivity contribution < 1.29 is 13.9 Å². The molecule has 0 bridgehead atoms. The van der Waals surface area contributed by atoms with E-state index in [9.17, 15) is 9.18 Å². The van der Waals surface area contributed by atoms with Crippen molar-refractivity contribution in [2.45, 2.75) is 13.3 Å². The minimum Gasteiger partial charge on any atom is -0.470 e. The van der Waals surface area contributed by atoms with E-state index in [1.165, 1.54) is 6.07 Å². The monoisotopic (exact) mass is 428 g/mol. The third kappa shape index (κ3) is 4.80. The fourth-order valence-electron chi connectivity index (χ4n) is 3.38. The minimum atomic E-state index is -0.194. The number of para-hydroxylation sites is 1. The van der Waals surface area contributed by atoms with E-state index in [0.717, 1.165) is 0 Å². The summed E-state index contributed by atoms with van der Waals surface area (Å²) in [4.78, 5) is 16.7. The van der Waals surface area contributed by atoms with Crippen LogP contribution in [0, 0.1) is 5.82 Å². The Hall–Kier alpha value is -2.90. The molecule has 4 rings (SSSR count). The molecule has 1 aromatic heterocycles. The Morgan fingerprint density at radius 3 is 2.53 bits per heavy atom. The van der Waals surface area contributed by atoms with Gasteiger partial charge in [-0.3, -0.25) is 9.69 Å². The van der Waals surface area contributed by atoms with Gasteiger partial charge in [0.2, 0.25) is 0 Å². The number of piperazine rings is 1. The van der Waals surface area contributed by atoms with Gasteiger partial charge in [-0.25, -0.2) is 9.07 Å². The molecule has 0 N–H and O–H groups in total. The van der Waals surface area contributed by atoms with Gasteiger partial charge in [0.25, 0.3) is 5.91 Å². The van der Waals surface area contributed by atoms with Crippen LogP contribution in [0.1, 0.15) is 16.1 Å². The lowest BCUT2D eigenvalue weighted by Crippen LogP contribution is -2.48. The van der Waals surface area contributed by atoms with Gasteiger partial charge < -0.3 is 9.64 Å². The van der Waals surface area contributed by atoms with Crippen LogP contribution in [0.4, 0.5) is 4.39 Å². The normalized spacial score (nSPS) is 14.7. The van der Waals surface area contributed by atoms with E-state index in [-0.39, 0.29) is 18.5 Å². The summed E-state index contributed by atoms with van der Waals surface area (Å²) in [5.41, 5.74) is 1.05. The minimum absolute atomic E-state index is 0.114. The van der Waals surface area contributed by atoms with Gasteiger partial charge in [-0.1, -0.05) is 41.9 Å². The van der Waals surface area contributed by atoms with Crippen LogP contribution in [-0.4, -0.2) is 51.7 Å². The van der Waals surface area contributed by atoms with Crippen molar-refractivity contribution in [3.05, 3.63) is 82.9 Å². The molecule has 1 aliphatic rings. The molecule has 1 aliphatic heterocycles. The molecule has 2 aromatic carbocycles. The van der Waals surface area contributed by atoms with E-state index in [0.29, 0.717) is 54.8 Å². The lowest BCUT2D eigenvalue weighted by molar-refractivity contribution is 0.0619. The predicted octanol–water partition coefficient (Wildman–Crippen LogP) is 3.67. The number of hydrogen-bond donors (Lipinski definition) is 0. The summed E-state index contributed by atoms with van der Waals surface area (Å²) >= 11 is 6.08. The predicted molar refractivity (Wildman–Crippen MR) is 112 cm³/mol. The molecule has 0 atom stereocenters. The van der Waals surface area contributed by atoms with Crippen molar-refractivity contribution >= 4 is 17.5 Å². The zero-order chi connectivity index (χ0) is 20.9. The summed E-state index contributed by atoms with van der Waals surface area (Å²) in [6, 6.07) is 15.7. The Morgan fingerprint density at radius 2 is 1.77 bits per heavy atom. The molecule has 0 saturated carbocycles. The number of amides is 1. The maximum atomic E-state index is 13.8. The molecule has 0 aliphatic carbocycles. The van der Waals surface area contributed by atoms with Crippen LogP contribution in [0.5, 0.6) is 5.75 Å². The second kappa shape index (κ2) is 9.28. The molecule has 2 heterocycles. The molecule has 156 valence electrons. The Balaban J connectivity index is 1.29. The highest BCUT2D eigenvalue weighted by molar-refractivity contribution is 6.32. The van der Waals surface area contributed by atoms with Gasteiger partial charge in [-0.15, -0.1) is 0 Å². The first-order valence-electron chi connectivity index (χ1n) is 9.76. The molecule has 1 amide bonds. The molecule has 1 fully saturated rings. The number of ether oxygens (including phenoxy) is 1. The molecule has 0 radical (unpaired) electrons. The molecule has 6 nitrogen and oxygen atoms in total. The first-order chi connectivity index (χ1) is 14.6. The van der Waals surface area contributed by atoms with Gasteiger partial charge in [0, 0.05) is 44.5 Å². The molecular weight excluding hydrogens is 407 g/mol. The van der Waals surface area contributed by atoms with E-state index in [1.54, 1.807) is 46.1 Å². The zero-order valence-corrected chi connectivity index (χ0v) is 17.1. The maximum absolute atomic E-state index is 13.8. The second-order valence-corrected chi connectivity index (χ2v) is 7.51. The number of aromatic nitrogens is 2. The molecule has 0 spiro atoms. The van der Waals surface area contributed by atoms with Crippen molar-refractivity contribution in [3.8, 4) is 5.75 Å². The SMILES string of the molecule is O=C(c1ccn(COc2ccccc2Cl)n1)N1CCN(Cc2ccccc2F)CC1. The summed E-state index contributed by atoms with van der Waals surface area (Å²) in [6.07, 6.45) is 1.71. The van der Waals surface area contributed by atoms with Crippen molar-refractivity contribution in [2.75, 3.05) is 26.2 Å². The van der Waals surface area contributed by atoms with Crippen LogP contribution in [0.15, 0.2) is 60.8 Å². The number of carbonyl (C=O) groups excluding carboxylic acids is 1. The number of hydrogen-bond acceptors (Lipinski definition) is 4. The summed E-state index contributed by atoms with van der Waals surface area (Å²) < 4.78 is 21.1. The lowest BCUT2D eigenvalue weighted by Gasteiger charge is -2.34. The van der Waals surface area contributed by atoms with Crippen molar-refractivity contribution in [2.24, 2.45) is 0 Å². The van der Waals surface area contributed by atoms with Gasteiger partial charge >= 0.3 is 0 Å². The van der Waals surface area contributed by atoms with E-state index < -0.39 is 0 Å². The van der Waals surface area contributed by atoms with Crippen LogP contribution in [0.25, 0.3) is 0 Å². The van der Waals surface area contributed by atoms with Gasteiger partial charge in [-0.2, -0.15) is 5.10 Å². The number of nitrogens with zero attached hydrogens (tertiary/aromatic N) is 4. The average molecular weight is 429 g/mol. The first-order valence-corrected chi connectivity index (χ1v) is 10.1. The highest BCUT2D eigenvalue weighted by atomic mass is 35.5. The summed E-state index contributed by atoms with van der Waals surface area (Å²) in [6.45, 7) is 3.25. The molecular formula is C22H22ClFN4O2. The summed E-state index contributed by atoms with van der Waals surface area (Å²) in [5, 5.41) is 4.85. The number of halogens is 2. The van der Waals surface area contributed by atoms with E-state index in [1.807, 2.05) is 18.2 Å². The van der Waals surface area contributed by atoms with Crippen LogP contribution in [0.2, 0.25) is 5.02 Å². The number of rotatable bonds is 6. The highest BCUT2D eigenvalue weighted by Gasteiger charge is 2.24. The van der Waals surface area contributed by atoms with E-state index >= 15 is 0 Å². The lowest BCUT2D eigenvalue weighted by atomic mass is 10.2. The Morgan fingerprint density at radius 1 is 1.03 bits per heavy atom. The smallest absolute Gasteiger partial charge is 0.274 e. The van der Waals surface area contributed by atoms with Gasteiger partial charge in [-0.05, 0) is 24.3 Å². The maximum Gasteiger partial charge on any atom is 0.274 e. The highest BCUT2D eigenvalue weighted by Crippen LogP contribution is 2.23. The van der Waals surface area contributed by atoms with Crippen molar-refractivity contribution in [3.63, 3.8) is 0 Å².